The van der Waals surface area contributed by atoms with Crippen LogP contribution in [0.25, 0.3) is 10.9 Å². The summed E-state index contributed by atoms with van der Waals surface area (Å²) in [5, 5.41) is 10.8. The van der Waals surface area contributed by atoms with Crippen molar-refractivity contribution >= 4 is 16.8 Å². The Hall–Kier alpha value is -2.63. The molecule has 0 aliphatic heterocycles. The molecule has 0 unspecified atom stereocenters. The van der Waals surface area contributed by atoms with E-state index in [1.54, 1.807) is 6.07 Å². The number of rotatable bonds is 4. The highest BCUT2D eigenvalue weighted by atomic mass is 19.1. The maximum absolute atomic E-state index is 13.5. The predicted octanol–water partition coefficient (Wildman–Crippen LogP) is 3.38. The van der Waals surface area contributed by atoms with Crippen molar-refractivity contribution in [3.05, 3.63) is 52.2 Å². The summed E-state index contributed by atoms with van der Waals surface area (Å²) < 4.78 is 13.5. The van der Waals surface area contributed by atoms with E-state index >= 15 is 0 Å². The zero-order valence-electron chi connectivity index (χ0n) is 14.2. The summed E-state index contributed by atoms with van der Waals surface area (Å²) in [6, 6.07) is 4.43. The third kappa shape index (κ3) is 2.91. The van der Waals surface area contributed by atoms with E-state index < -0.39 is 0 Å². The number of nitrogens with zero attached hydrogens (tertiary/aromatic N) is 1. The number of aryl methyl sites for hydroxylation is 3. The lowest BCUT2D eigenvalue weighted by molar-refractivity contribution is -0.121. The number of fused-ring (bicyclic) bond motifs is 1. The summed E-state index contributed by atoms with van der Waals surface area (Å²) in [5.41, 5.74) is 5.39. The molecule has 1 atom stereocenters. The minimum Gasteiger partial charge on any atom is -0.358 e. The van der Waals surface area contributed by atoms with Gasteiger partial charge in [-0.15, -0.1) is 0 Å². The van der Waals surface area contributed by atoms with Crippen LogP contribution >= 0.6 is 0 Å². The fourth-order valence-electron chi connectivity index (χ4n) is 3.31. The SMILES string of the molecule is Cc1n[nH]c(C)c1[C@@H](C)NC(=O)Cc1c(C)[nH]c2ccc(F)cc12. The minimum atomic E-state index is -0.304. The summed E-state index contributed by atoms with van der Waals surface area (Å²) in [5.74, 6) is -0.406. The van der Waals surface area contributed by atoms with E-state index in [4.69, 9.17) is 0 Å². The Morgan fingerprint density at radius 1 is 1.29 bits per heavy atom. The quantitative estimate of drug-likeness (QED) is 0.687. The van der Waals surface area contributed by atoms with Gasteiger partial charge in [0.2, 0.25) is 5.91 Å². The zero-order chi connectivity index (χ0) is 17.4. The van der Waals surface area contributed by atoms with E-state index in [-0.39, 0.29) is 24.2 Å². The number of nitrogens with one attached hydrogen (secondary N) is 3. The van der Waals surface area contributed by atoms with Gasteiger partial charge in [0, 0.05) is 27.9 Å². The van der Waals surface area contributed by atoms with Crippen LogP contribution in [0, 0.1) is 26.6 Å². The van der Waals surface area contributed by atoms with Crippen molar-refractivity contribution in [2.45, 2.75) is 40.2 Å². The minimum absolute atomic E-state index is 0.101. The average molecular weight is 328 g/mol. The van der Waals surface area contributed by atoms with Crippen LogP contribution in [0.4, 0.5) is 4.39 Å². The molecular formula is C18H21FN4O. The van der Waals surface area contributed by atoms with Gasteiger partial charge in [0.1, 0.15) is 5.82 Å². The highest BCUT2D eigenvalue weighted by molar-refractivity contribution is 5.90. The van der Waals surface area contributed by atoms with Crippen LogP contribution in [0.2, 0.25) is 0 Å². The van der Waals surface area contributed by atoms with E-state index in [1.807, 2.05) is 27.7 Å². The van der Waals surface area contributed by atoms with Gasteiger partial charge in [0.25, 0.3) is 0 Å². The molecule has 6 heteroatoms. The Morgan fingerprint density at radius 3 is 2.71 bits per heavy atom. The third-order valence-corrected chi connectivity index (χ3v) is 4.41. The van der Waals surface area contributed by atoms with Gasteiger partial charge in [0.15, 0.2) is 0 Å². The first-order valence-electron chi connectivity index (χ1n) is 7.94. The highest BCUT2D eigenvalue weighted by Crippen LogP contribution is 2.24. The lowest BCUT2D eigenvalue weighted by Crippen LogP contribution is -2.28. The Kier molecular flexibility index (Phi) is 4.13. The molecule has 0 saturated heterocycles. The molecule has 0 bridgehead atoms. The van der Waals surface area contributed by atoms with E-state index in [2.05, 4.69) is 20.5 Å². The molecule has 5 nitrogen and oxygen atoms in total. The second-order valence-electron chi connectivity index (χ2n) is 6.23. The van der Waals surface area contributed by atoms with Gasteiger partial charge in [-0.3, -0.25) is 9.89 Å². The van der Waals surface area contributed by atoms with Crippen molar-refractivity contribution in [3.63, 3.8) is 0 Å². The van der Waals surface area contributed by atoms with Crippen LogP contribution in [-0.4, -0.2) is 21.1 Å². The van der Waals surface area contributed by atoms with Gasteiger partial charge in [-0.05, 0) is 51.5 Å². The lowest BCUT2D eigenvalue weighted by Gasteiger charge is -2.14. The molecule has 126 valence electrons. The molecule has 0 spiro atoms. The largest absolute Gasteiger partial charge is 0.358 e. The summed E-state index contributed by atoms with van der Waals surface area (Å²) >= 11 is 0. The van der Waals surface area contributed by atoms with Crippen LogP contribution in [0.15, 0.2) is 18.2 Å². The fourth-order valence-corrected chi connectivity index (χ4v) is 3.31. The first kappa shape index (κ1) is 16.2. The van der Waals surface area contributed by atoms with E-state index in [0.29, 0.717) is 0 Å². The molecular weight excluding hydrogens is 307 g/mol. The summed E-state index contributed by atoms with van der Waals surface area (Å²) in [6.45, 7) is 7.68. The molecule has 0 saturated carbocycles. The number of H-pyrrole nitrogens is 2. The standard InChI is InChI=1S/C18H21FN4O/c1-9-14(15-7-13(19)5-6-16(15)20-9)8-17(24)21-10(2)18-11(3)22-23-12(18)4/h5-7,10,20H,8H2,1-4H3,(H,21,24)(H,22,23)/t10-/m1/s1. The monoisotopic (exact) mass is 328 g/mol. The number of carbonyl (C=O) groups excluding carboxylic acids is 1. The van der Waals surface area contributed by atoms with Crippen molar-refractivity contribution < 1.29 is 9.18 Å². The Labute approximate surface area is 139 Å². The topological polar surface area (TPSA) is 73.6 Å². The molecule has 3 N–H and O–H groups in total. The number of hydrogen-bond donors (Lipinski definition) is 3. The number of carbonyl (C=O) groups is 1. The van der Waals surface area contributed by atoms with Crippen molar-refractivity contribution in [1.29, 1.82) is 0 Å². The van der Waals surface area contributed by atoms with Gasteiger partial charge >= 0.3 is 0 Å². The second-order valence-corrected chi connectivity index (χ2v) is 6.23. The van der Waals surface area contributed by atoms with Crippen LogP contribution in [0.5, 0.6) is 0 Å². The van der Waals surface area contributed by atoms with Gasteiger partial charge in [-0.2, -0.15) is 5.10 Å². The van der Waals surface area contributed by atoms with Gasteiger partial charge in [0.05, 0.1) is 18.2 Å². The zero-order valence-corrected chi connectivity index (χ0v) is 14.2. The molecule has 0 aliphatic carbocycles. The second kappa shape index (κ2) is 6.11. The Morgan fingerprint density at radius 2 is 2.04 bits per heavy atom. The van der Waals surface area contributed by atoms with Crippen LogP contribution in [-0.2, 0) is 11.2 Å². The van der Waals surface area contributed by atoms with Crippen LogP contribution in [0.1, 0.15) is 41.2 Å². The lowest BCUT2D eigenvalue weighted by atomic mass is 10.0. The van der Waals surface area contributed by atoms with E-state index in [0.717, 1.165) is 39.1 Å². The molecule has 1 amide bonds. The van der Waals surface area contributed by atoms with E-state index in [9.17, 15) is 9.18 Å². The van der Waals surface area contributed by atoms with Crippen LogP contribution < -0.4 is 5.32 Å². The molecule has 0 aliphatic rings. The average Bonchev–Trinajstić information content (AvgIpc) is 2.99. The van der Waals surface area contributed by atoms with Crippen molar-refractivity contribution in [2.75, 3.05) is 0 Å². The molecule has 3 rings (SSSR count). The number of halogens is 1. The fraction of sp³-hybridized carbons (Fsp3) is 0.333. The predicted molar refractivity (Wildman–Crippen MR) is 91.3 cm³/mol. The maximum atomic E-state index is 13.5. The van der Waals surface area contributed by atoms with Crippen molar-refractivity contribution in [2.24, 2.45) is 0 Å². The number of aromatic nitrogens is 3. The highest BCUT2D eigenvalue weighted by Gasteiger charge is 2.18. The molecule has 1 aromatic carbocycles. The Balaban J connectivity index is 1.80. The van der Waals surface area contributed by atoms with E-state index in [1.165, 1.54) is 12.1 Å². The molecule has 2 aromatic heterocycles. The number of hydrogen-bond acceptors (Lipinski definition) is 2. The van der Waals surface area contributed by atoms with Crippen molar-refractivity contribution in [1.82, 2.24) is 20.5 Å². The molecule has 0 fully saturated rings. The first-order valence-corrected chi connectivity index (χ1v) is 7.94. The molecule has 24 heavy (non-hydrogen) atoms. The number of benzene rings is 1. The number of aromatic amines is 2. The third-order valence-electron chi connectivity index (χ3n) is 4.41. The molecule has 0 radical (unpaired) electrons. The number of amides is 1. The first-order chi connectivity index (χ1) is 11.4. The normalized spacial score (nSPS) is 12.5. The molecule has 2 heterocycles. The smallest absolute Gasteiger partial charge is 0.224 e. The van der Waals surface area contributed by atoms with Gasteiger partial charge < -0.3 is 10.3 Å². The van der Waals surface area contributed by atoms with Gasteiger partial charge in [-0.25, -0.2) is 4.39 Å². The van der Waals surface area contributed by atoms with Crippen LogP contribution in [0.3, 0.4) is 0 Å². The summed E-state index contributed by atoms with van der Waals surface area (Å²) in [6.07, 6.45) is 0.204. The maximum Gasteiger partial charge on any atom is 0.224 e. The Bertz CT molecular complexity index is 890. The molecule has 3 aromatic rings. The van der Waals surface area contributed by atoms with Crippen molar-refractivity contribution in [3.8, 4) is 0 Å². The summed E-state index contributed by atoms with van der Waals surface area (Å²) in [7, 11) is 0. The van der Waals surface area contributed by atoms with Gasteiger partial charge in [-0.1, -0.05) is 0 Å². The summed E-state index contributed by atoms with van der Waals surface area (Å²) in [4.78, 5) is 15.7.